The SMILES string of the molecule is COC(=O)c1cccc2c(-c3cnn4cc(-c5ccc(OC(C)(C)CN6CCCCC6)cc5)cnc34)cccc12. The topological polar surface area (TPSA) is 69.0 Å². The normalized spacial score (nSPS) is 14.5. The maximum absolute atomic E-state index is 12.3. The molecule has 0 atom stereocenters. The van der Waals surface area contributed by atoms with Crippen LogP contribution < -0.4 is 4.74 Å². The lowest BCUT2D eigenvalue weighted by Gasteiger charge is -2.35. The van der Waals surface area contributed by atoms with E-state index in [9.17, 15) is 4.79 Å². The minimum absolute atomic E-state index is 0.260. The Morgan fingerprint density at radius 3 is 2.40 bits per heavy atom. The summed E-state index contributed by atoms with van der Waals surface area (Å²) in [6.07, 6.45) is 9.58. The fourth-order valence-corrected chi connectivity index (χ4v) is 5.77. The van der Waals surface area contributed by atoms with Crippen molar-refractivity contribution < 1.29 is 14.3 Å². The van der Waals surface area contributed by atoms with Crippen LogP contribution in [0.15, 0.2) is 79.3 Å². The van der Waals surface area contributed by atoms with Crippen molar-refractivity contribution in [2.75, 3.05) is 26.7 Å². The highest BCUT2D eigenvalue weighted by molar-refractivity contribution is 6.09. The Morgan fingerprint density at radius 2 is 1.62 bits per heavy atom. The van der Waals surface area contributed by atoms with E-state index in [1.807, 2.05) is 61.1 Å². The first-order valence-corrected chi connectivity index (χ1v) is 13.9. The number of hydrogen-bond donors (Lipinski definition) is 0. The van der Waals surface area contributed by atoms with E-state index in [2.05, 4.69) is 36.0 Å². The first kappa shape index (κ1) is 26.0. The van der Waals surface area contributed by atoms with Crippen LogP contribution in [0.1, 0.15) is 43.5 Å². The highest BCUT2D eigenvalue weighted by atomic mass is 16.5. The number of carbonyl (C=O) groups excluding carboxylic acids is 1. The second-order valence-corrected chi connectivity index (χ2v) is 11.1. The number of piperidine rings is 1. The van der Waals surface area contributed by atoms with Gasteiger partial charge in [0.05, 0.1) is 18.9 Å². The Balaban J connectivity index is 1.25. The van der Waals surface area contributed by atoms with Gasteiger partial charge in [0.15, 0.2) is 5.65 Å². The summed E-state index contributed by atoms with van der Waals surface area (Å²) in [4.78, 5) is 19.6. The molecule has 3 aromatic carbocycles. The second-order valence-electron chi connectivity index (χ2n) is 11.1. The van der Waals surface area contributed by atoms with E-state index in [-0.39, 0.29) is 11.6 Å². The van der Waals surface area contributed by atoms with E-state index in [0.29, 0.717) is 5.56 Å². The smallest absolute Gasteiger partial charge is 0.338 e. The van der Waals surface area contributed by atoms with Gasteiger partial charge in [0.1, 0.15) is 11.4 Å². The summed E-state index contributed by atoms with van der Waals surface area (Å²) in [6.45, 7) is 7.57. The van der Waals surface area contributed by atoms with Crippen molar-refractivity contribution in [3.8, 4) is 28.0 Å². The Labute approximate surface area is 234 Å². The predicted octanol–water partition coefficient (Wildman–Crippen LogP) is 6.65. The van der Waals surface area contributed by atoms with Crippen LogP contribution in [-0.4, -0.2) is 57.8 Å². The van der Waals surface area contributed by atoms with Gasteiger partial charge in [-0.3, -0.25) is 4.90 Å². The van der Waals surface area contributed by atoms with Gasteiger partial charge in [-0.15, -0.1) is 0 Å². The highest BCUT2D eigenvalue weighted by Crippen LogP contribution is 2.33. The largest absolute Gasteiger partial charge is 0.487 e. The summed E-state index contributed by atoms with van der Waals surface area (Å²) >= 11 is 0. The first-order chi connectivity index (χ1) is 19.4. The van der Waals surface area contributed by atoms with E-state index < -0.39 is 0 Å². The second kappa shape index (κ2) is 10.7. The average Bonchev–Trinajstić information content (AvgIpc) is 3.39. The number of aromatic nitrogens is 3. The minimum Gasteiger partial charge on any atom is -0.487 e. The molecule has 0 N–H and O–H groups in total. The van der Waals surface area contributed by atoms with E-state index in [1.54, 1.807) is 10.6 Å². The molecule has 6 rings (SSSR count). The van der Waals surface area contributed by atoms with Crippen LogP contribution >= 0.6 is 0 Å². The number of rotatable bonds is 7. The van der Waals surface area contributed by atoms with Gasteiger partial charge in [-0.05, 0) is 79.9 Å². The molecule has 1 fully saturated rings. The monoisotopic (exact) mass is 534 g/mol. The number of hydrogen-bond acceptors (Lipinski definition) is 6. The van der Waals surface area contributed by atoms with Crippen LogP contribution in [0, 0.1) is 0 Å². The van der Waals surface area contributed by atoms with E-state index in [4.69, 9.17) is 14.5 Å². The molecule has 0 bridgehead atoms. The fraction of sp³-hybridized carbons (Fsp3) is 0.303. The summed E-state index contributed by atoms with van der Waals surface area (Å²) in [5.41, 5.74) is 4.90. The molecule has 0 saturated carbocycles. The van der Waals surface area contributed by atoms with E-state index in [1.165, 1.54) is 26.4 Å². The molecule has 1 saturated heterocycles. The van der Waals surface area contributed by atoms with Gasteiger partial charge in [-0.1, -0.05) is 48.9 Å². The maximum Gasteiger partial charge on any atom is 0.338 e. The maximum atomic E-state index is 12.3. The number of benzene rings is 3. The lowest BCUT2D eigenvalue weighted by atomic mass is 9.97. The summed E-state index contributed by atoms with van der Waals surface area (Å²) < 4.78 is 13.2. The summed E-state index contributed by atoms with van der Waals surface area (Å²) in [5, 5.41) is 6.40. The van der Waals surface area contributed by atoms with Gasteiger partial charge < -0.3 is 9.47 Å². The molecule has 7 nitrogen and oxygen atoms in total. The summed E-state index contributed by atoms with van der Waals surface area (Å²) in [6, 6.07) is 19.8. The lowest BCUT2D eigenvalue weighted by Crippen LogP contribution is -2.44. The number of carbonyl (C=O) groups is 1. The van der Waals surface area contributed by atoms with Crippen molar-refractivity contribution in [1.29, 1.82) is 0 Å². The van der Waals surface area contributed by atoms with Crippen molar-refractivity contribution in [3.63, 3.8) is 0 Å². The Bertz CT molecular complexity index is 1670. The zero-order valence-electron chi connectivity index (χ0n) is 23.3. The van der Waals surface area contributed by atoms with Gasteiger partial charge >= 0.3 is 5.97 Å². The summed E-state index contributed by atoms with van der Waals surface area (Å²) in [5.74, 6) is 0.510. The number of ether oxygens (including phenoxy) is 2. The van der Waals surface area contributed by atoms with Crippen LogP contribution in [0.4, 0.5) is 0 Å². The van der Waals surface area contributed by atoms with Crippen molar-refractivity contribution >= 4 is 22.4 Å². The average molecular weight is 535 g/mol. The third-order valence-electron chi connectivity index (χ3n) is 7.61. The molecule has 0 spiro atoms. The van der Waals surface area contributed by atoms with Gasteiger partial charge in [0, 0.05) is 30.1 Å². The third kappa shape index (κ3) is 5.17. The molecule has 0 aliphatic carbocycles. The molecule has 3 heterocycles. The molecule has 204 valence electrons. The van der Waals surface area contributed by atoms with Crippen LogP contribution in [0.25, 0.3) is 38.7 Å². The molecule has 5 aromatic rings. The van der Waals surface area contributed by atoms with Crippen LogP contribution in [-0.2, 0) is 4.74 Å². The molecular weight excluding hydrogens is 500 g/mol. The van der Waals surface area contributed by atoms with Crippen molar-refractivity contribution in [1.82, 2.24) is 19.5 Å². The Hall–Kier alpha value is -4.23. The molecular formula is C33H34N4O3. The van der Waals surface area contributed by atoms with Gasteiger partial charge in [0.25, 0.3) is 0 Å². The molecule has 1 aliphatic rings. The molecule has 7 heteroatoms. The standard InChI is InChI=1S/C33H34N4O3/c1-33(2,22-36-17-5-4-6-18-36)40-25-15-13-23(14-16-25)24-19-34-31-30(20-35-37(31)21-24)28-11-7-10-27-26(28)9-8-12-29(27)32(38)39-3/h7-16,19-21H,4-6,17-18,22H2,1-3H3. The van der Waals surface area contributed by atoms with Crippen molar-refractivity contribution in [2.24, 2.45) is 0 Å². The summed E-state index contributed by atoms with van der Waals surface area (Å²) in [7, 11) is 1.40. The number of esters is 1. The molecule has 0 unspecified atom stereocenters. The van der Waals surface area contributed by atoms with Crippen LogP contribution in [0.5, 0.6) is 5.75 Å². The highest BCUT2D eigenvalue weighted by Gasteiger charge is 2.25. The first-order valence-electron chi connectivity index (χ1n) is 13.9. The van der Waals surface area contributed by atoms with Crippen molar-refractivity contribution in [3.05, 3.63) is 84.8 Å². The van der Waals surface area contributed by atoms with E-state index in [0.717, 1.165) is 64.1 Å². The van der Waals surface area contributed by atoms with E-state index >= 15 is 0 Å². The van der Waals surface area contributed by atoms with Gasteiger partial charge in [0.2, 0.25) is 0 Å². The molecule has 1 aliphatic heterocycles. The van der Waals surface area contributed by atoms with Crippen LogP contribution in [0.2, 0.25) is 0 Å². The van der Waals surface area contributed by atoms with Gasteiger partial charge in [-0.2, -0.15) is 5.10 Å². The lowest BCUT2D eigenvalue weighted by molar-refractivity contribution is 0.0520. The predicted molar refractivity (Wildman–Crippen MR) is 158 cm³/mol. The number of fused-ring (bicyclic) bond motifs is 2. The van der Waals surface area contributed by atoms with Crippen LogP contribution in [0.3, 0.4) is 0 Å². The Kier molecular flexibility index (Phi) is 6.98. The zero-order chi connectivity index (χ0) is 27.7. The van der Waals surface area contributed by atoms with Crippen molar-refractivity contribution in [2.45, 2.75) is 38.7 Å². The number of likely N-dealkylation sites (tertiary alicyclic amines) is 1. The fourth-order valence-electron chi connectivity index (χ4n) is 5.77. The molecule has 40 heavy (non-hydrogen) atoms. The zero-order valence-corrected chi connectivity index (χ0v) is 23.3. The number of methoxy groups -OCH3 is 1. The Morgan fingerprint density at radius 1 is 0.875 bits per heavy atom. The number of nitrogens with zero attached hydrogens (tertiary/aromatic N) is 4. The minimum atomic E-state index is -0.354. The quantitative estimate of drug-likeness (QED) is 0.218. The van der Waals surface area contributed by atoms with Gasteiger partial charge in [-0.25, -0.2) is 14.3 Å². The molecule has 0 radical (unpaired) electrons. The third-order valence-corrected chi connectivity index (χ3v) is 7.61. The molecule has 2 aromatic heterocycles. The molecule has 0 amide bonds.